The lowest BCUT2D eigenvalue weighted by atomic mass is 9.66. The van der Waals surface area contributed by atoms with Crippen LogP contribution < -0.4 is 0 Å². The maximum atomic E-state index is 13.0. The highest BCUT2D eigenvalue weighted by Gasteiger charge is 2.43. The number of carbonyl (C=O) groups excluding carboxylic acids is 1. The van der Waals surface area contributed by atoms with E-state index in [1.165, 1.54) is 0 Å². The lowest BCUT2D eigenvalue weighted by molar-refractivity contribution is -0.166. The van der Waals surface area contributed by atoms with Crippen molar-refractivity contribution in [2.75, 3.05) is 0 Å². The average molecular weight is 421 g/mol. The van der Waals surface area contributed by atoms with Crippen molar-refractivity contribution < 1.29 is 24.5 Å². The highest BCUT2D eigenvalue weighted by atomic mass is 16.5. The van der Waals surface area contributed by atoms with E-state index in [1.807, 2.05) is 26.8 Å². The van der Waals surface area contributed by atoms with Gasteiger partial charge in [0.25, 0.3) is 0 Å². The van der Waals surface area contributed by atoms with E-state index in [2.05, 4.69) is 19.1 Å². The van der Waals surface area contributed by atoms with E-state index in [0.29, 0.717) is 18.3 Å². The third-order valence-corrected chi connectivity index (χ3v) is 7.36. The lowest BCUT2D eigenvalue weighted by Gasteiger charge is -2.43. The third kappa shape index (κ3) is 6.19. The molecule has 2 N–H and O–H groups in total. The molecule has 2 aliphatic carbocycles. The molecule has 0 aromatic heterocycles. The first-order chi connectivity index (χ1) is 14.2. The van der Waals surface area contributed by atoms with Crippen LogP contribution in [0, 0.1) is 23.2 Å². The number of hydrogen-bond acceptors (Lipinski definition) is 4. The van der Waals surface area contributed by atoms with Gasteiger partial charge in [-0.05, 0) is 50.0 Å². The highest BCUT2D eigenvalue weighted by molar-refractivity contribution is 5.76. The zero-order chi connectivity index (χ0) is 22.3. The van der Waals surface area contributed by atoms with Crippen LogP contribution >= 0.6 is 0 Å². The van der Waals surface area contributed by atoms with Crippen LogP contribution in [-0.2, 0) is 14.3 Å². The molecule has 2 aliphatic rings. The second-order valence-corrected chi connectivity index (χ2v) is 9.44. The van der Waals surface area contributed by atoms with Gasteiger partial charge in [-0.25, -0.2) is 0 Å². The van der Waals surface area contributed by atoms with E-state index < -0.39 is 17.5 Å². The molecule has 0 aromatic carbocycles. The highest BCUT2D eigenvalue weighted by Crippen LogP contribution is 2.44. The summed E-state index contributed by atoms with van der Waals surface area (Å²) in [6, 6.07) is 0. The molecule has 0 heterocycles. The Kier molecular flexibility index (Phi) is 9.14. The molecule has 5 nitrogen and oxygen atoms in total. The maximum Gasteiger partial charge on any atom is 0.312 e. The van der Waals surface area contributed by atoms with Gasteiger partial charge >= 0.3 is 11.9 Å². The number of rotatable bonds is 11. The monoisotopic (exact) mass is 420 g/mol. The summed E-state index contributed by atoms with van der Waals surface area (Å²) in [5, 5.41) is 19.1. The van der Waals surface area contributed by atoms with Crippen LogP contribution in [-0.4, -0.2) is 34.4 Å². The van der Waals surface area contributed by atoms with Crippen molar-refractivity contribution in [1.82, 2.24) is 0 Å². The van der Waals surface area contributed by atoms with Crippen LogP contribution in [0.2, 0.25) is 0 Å². The summed E-state index contributed by atoms with van der Waals surface area (Å²) in [4.78, 5) is 23.6. The zero-order valence-corrected chi connectivity index (χ0v) is 19.1. The van der Waals surface area contributed by atoms with Gasteiger partial charge < -0.3 is 14.9 Å². The summed E-state index contributed by atoms with van der Waals surface area (Å²) in [7, 11) is 0. The molecule has 0 saturated heterocycles. The Morgan fingerprint density at radius 3 is 2.47 bits per heavy atom. The molecule has 0 bridgehead atoms. The minimum absolute atomic E-state index is 0.120. The number of ether oxygens (including phenoxy) is 1. The van der Waals surface area contributed by atoms with Crippen molar-refractivity contribution in [3.05, 3.63) is 23.8 Å². The van der Waals surface area contributed by atoms with Crippen molar-refractivity contribution in [3.8, 4) is 0 Å². The van der Waals surface area contributed by atoms with E-state index in [-0.39, 0.29) is 24.4 Å². The Balaban J connectivity index is 2.08. The van der Waals surface area contributed by atoms with Crippen LogP contribution in [0.3, 0.4) is 0 Å². The van der Waals surface area contributed by atoms with E-state index in [0.717, 1.165) is 50.5 Å². The number of aliphatic hydroxyl groups is 1. The number of hydrogen-bond donors (Lipinski definition) is 2. The topological polar surface area (TPSA) is 83.8 Å². The molecule has 0 fully saturated rings. The summed E-state index contributed by atoms with van der Waals surface area (Å²) in [6.07, 6.45) is 12.2. The van der Waals surface area contributed by atoms with Crippen molar-refractivity contribution in [1.29, 1.82) is 0 Å². The van der Waals surface area contributed by atoms with Crippen molar-refractivity contribution >= 4 is 11.9 Å². The summed E-state index contributed by atoms with van der Waals surface area (Å²) in [5.74, 6) is -0.0193. The summed E-state index contributed by atoms with van der Waals surface area (Å²) < 4.78 is 6.09. The van der Waals surface area contributed by atoms with E-state index >= 15 is 0 Å². The summed E-state index contributed by atoms with van der Waals surface area (Å²) in [6.45, 7) is 8.21. The van der Waals surface area contributed by atoms with Crippen LogP contribution in [0.25, 0.3) is 0 Å². The Morgan fingerprint density at radius 2 is 1.83 bits per heavy atom. The van der Waals surface area contributed by atoms with Gasteiger partial charge in [0.1, 0.15) is 6.10 Å². The largest absolute Gasteiger partial charge is 0.481 e. The molecule has 0 saturated carbocycles. The number of esters is 1. The van der Waals surface area contributed by atoms with Gasteiger partial charge in [-0.15, -0.1) is 0 Å². The lowest BCUT2D eigenvalue weighted by Crippen LogP contribution is -2.44. The molecule has 2 rings (SSSR count). The van der Waals surface area contributed by atoms with Gasteiger partial charge in [0.2, 0.25) is 0 Å². The van der Waals surface area contributed by atoms with Gasteiger partial charge in [0.05, 0.1) is 11.5 Å². The second-order valence-electron chi connectivity index (χ2n) is 9.44. The fourth-order valence-corrected chi connectivity index (χ4v) is 4.81. The minimum Gasteiger partial charge on any atom is -0.481 e. The molecule has 30 heavy (non-hydrogen) atoms. The number of carboxylic acid groups (broad SMARTS) is 1. The molecule has 0 unspecified atom stereocenters. The molecule has 0 spiro atoms. The molecule has 0 aromatic rings. The molecular formula is C25H40O5. The van der Waals surface area contributed by atoms with Crippen LogP contribution in [0.15, 0.2) is 23.8 Å². The quantitative estimate of drug-likeness (QED) is 0.351. The molecule has 0 aliphatic heterocycles. The molecule has 170 valence electrons. The Labute approximate surface area is 181 Å². The SMILES string of the molecule is CCC(C)(CC)C(=O)O[C@H]1C[C@H](O)C=C2C=C[C@@H](C)[C@H](CCCCCCC(=O)O)[C@H]21. The third-order valence-electron chi connectivity index (χ3n) is 7.36. The number of aliphatic hydroxyl groups excluding tert-OH is 1. The van der Waals surface area contributed by atoms with Crippen LogP contribution in [0.4, 0.5) is 0 Å². The molecule has 0 radical (unpaired) electrons. The van der Waals surface area contributed by atoms with E-state index in [4.69, 9.17) is 9.84 Å². The second kappa shape index (κ2) is 11.1. The molecule has 5 atom stereocenters. The smallest absolute Gasteiger partial charge is 0.312 e. The predicted octanol–water partition coefficient (Wildman–Crippen LogP) is 5.28. The fraction of sp³-hybridized carbons (Fsp3) is 0.760. The van der Waals surface area contributed by atoms with E-state index in [9.17, 15) is 14.7 Å². The van der Waals surface area contributed by atoms with Crippen molar-refractivity contribution in [3.63, 3.8) is 0 Å². The minimum atomic E-state index is -0.729. The first-order valence-corrected chi connectivity index (χ1v) is 11.7. The number of carbonyl (C=O) groups is 2. The fourth-order valence-electron chi connectivity index (χ4n) is 4.81. The van der Waals surface area contributed by atoms with Crippen LogP contribution in [0.5, 0.6) is 0 Å². The van der Waals surface area contributed by atoms with Crippen LogP contribution in [0.1, 0.15) is 85.5 Å². The van der Waals surface area contributed by atoms with Gasteiger partial charge in [0, 0.05) is 18.8 Å². The number of aliphatic carboxylic acids is 1. The van der Waals surface area contributed by atoms with Crippen molar-refractivity contribution in [2.24, 2.45) is 23.2 Å². The number of allylic oxidation sites excluding steroid dienone is 2. The molecule has 0 amide bonds. The first kappa shape index (κ1) is 24.6. The zero-order valence-electron chi connectivity index (χ0n) is 19.1. The van der Waals surface area contributed by atoms with E-state index in [1.54, 1.807) is 0 Å². The normalized spacial score (nSPS) is 28.6. The molecular weight excluding hydrogens is 380 g/mol. The first-order valence-electron chi connectivity index (χ1n) is 11.7. The Hall–Kier alpha value is -1.62. The number of fused-ring (bicyclic) bond motifs is 1. The van der Waals surface area contributed by atoms with Crippen molar-refractivity contribution in [2.45, 2.75) is 97.7 Å². The average Bonchev–Trinajstić information content (AvgIpc) is 2.70. The standard InChI is InChI=1S/C25H40O5/c1-5-25(4,6-2)24(29)30-21-16-19(26)15-18-14-13-17(3)20(23(18)21)11-9-7-8-10-12-22(27)28/h13-15,17,19-21,23,26H,5-12,16H2,1-4H3,(H,27,28)/t17-,19-,20+,21+,23+/m1/s1. The maximum absolute atomic E-state index is 13.0. The predicted molar refractivity (Wildman–Crippen MR) is 118 cm³/mol. The number of unbranched alkanes of at least 4 members (excludes halogenated alkanes) is 3. The summed E-state index contributed by atoms with van der Waals surface area (Å²) in [5.41, 5.74) is 0.609. The molecule has 5 heteroatoms. The van der Waals surface area contributed by atoms with Gasteiger partial charge in [0.15, 0.2) is 0 Å². The van der Waals surface area contributed by atoms with Gasteiger partial charge in [-0.3, -0.25) is 9.59 Å². The Morgan fingerprint density at radius 1 is 1.17 bits per heavy atom. The van der Waals surface area contributed by atoms with Gasteiger partial charge in [-0.1, -0.05) is 58.3 Å². The number of carboxylic acids is 1. The summed E-state index contributed by atoms with van der Waals surface area (Å²) >= 11 is 0. The van der Waals surface area contributed by atoms with Gasteiger partial charge in [-0.2, -0.15) is 0 Å². The Bertz CT molecular complexity index is 646.